The fourth-order valence-electron chi connectivity index (χ4n) is 6.34. The van der Waals surface area contributed by atoms with Crippen LogP contribution >= 0.6 is 0 Å². The zero-order valence-electron chi connectivity index (χ0n) is 20.1. The summed E-state index contributed by atoms with van der Waals surface area (Å²) in [6, 6.07) is 4.64. The van der Waals surface area contributed by atoms with Gasteiger partial charge in [-0.25, -0.2) is 4.39 Å². The van der Waals surface area contributed by atoms with E-state index in [2.05, 4.69) is 10.6 Å². The van der Waals surface area contributed by atoms with E-state index in [-0.39, 0.29) is 31.0 Å². The molecule has 2 saturated heterocycles. The lowest BCUT2D eigenvalue weighted by molar-refractivity contribution is -0.144. The zero-order valence-corrected chi connectivity index (χ0v) is 20.1. The first-order chi connectivity index (χ1) is 16.8. The minimum Gasteiger partial charge on any atom is -0.383 e. The minimum absolute atomic E-state index is 0.0711. The van der Waals surface area contributed by atoms with Crippen molar-refractivity contribution >= 4 is 23.4 Å². The summed E-state index contributed by atoms with van der Waals surface area (Å²) in [7, 11) is 1.54. The third kappa shape index (κ3) is 3.94. The number of nitrogens with one attached hydrogen (secondary N) is 2. The van der Waals surface area contributed by atoms with Gasteiger partial charge in [-0.05, 0) is 44.0 Å². The van der Waals surface area contributed by atoms with Crippen molar-refractivity contribution in [1.29, 1.82) is 0 Å². The fourth-order valence-corrected chi connectivity index (χ4v) is 6.34. The highest BCUT2D eigenvalue weighted by Crippen LogP contribution is 2.59. The van der Waals surface area contributed by atoms with Crippen LogP contribution in [-0.4, -0.2) is 66.2 Å². The van der Waals surface area contributed by atoms with Crippen LogP contribution in [0.15, 0.2) is 36.4 Å². The number of carbonyl (C=O) groups is 3. The second-order valence-corrected chi connectivity index (χ2v) is 10.2. The molecule has 35 heavy (non-hydrogen) atoms. The molecule has 1 aromatic carbocycles. The predicted octanol–water partition coefficient (Wildman–Crippen LogP) is 2.40. The molecule has 3 heterocycles. The summed E-state index contributed by atoms with van der Waals surface area (Å²) in [5, 5.41) is 5.96. The molecule has 3 fully saturated rings. The number of hydrogen-bond donors (Lipinski definition) is 2. The van der Waals surface area contributed by atoms with Gasteiger partial charge in [-0.1, -0.05) is 31.4 Å². The van der Waals surface area contributed by atoms with E-state index in [9.17, 15) is 18.8 Å². The van der Waals surface area contributed by atoms with E-state index < -0.39 is 40.8 Å². The third-order valence-electron chi connectivity index (χ3n) is 7.93. The molecule has 1 aromatic rings. The van der Waals surface area contributed by atoms with Crippen LogP contribution in [0.2, 0.25) is 0 Å². The van der Waals surface area contributed by atoms with Crippen molar-refractivity contribution in [2.45, 2.75) is 62.3 Å². The first-order valence-electron chi connectivity index (χ1n) is 12.4. The number of benzene rings is 1. The molecule has 9 heteroatoms. The van der Waals surface area contributed by atoms with Crippen LogP contribution in [-0.2, 0) is 23.9 Å². The summed E-state index contributed by atoms with van der Waals surface area (Å²) in [5.74, 6) is -3.05. The Bertz CT molecular complexity index is 1040. The van der Waals surface area contributed by atoms with Crippen molar-refractivity contribution in [2.24, 2.45) is 11.8 Å². The number of anilines is 1. The molecule has 3 aliphatic heterocycles. The highest BCUT2D eigenvalue weighted by atomic mass is 19.1. The topological polar surface area (TPSA) is 97.0 Å². The molecule has 2 N–H and O–H groups in total. The van der Waals surface area contributed by atoms with E-state index in [1.165, 1.54) is 29.2 Å². The van der Waals surface area contributed by atoms with Crippen LogP contribution < -0.4 is 10.6 Å². The Labute approximate surface area is 204 Å². The fraction of sp³-hybridized carbons (Fsp3) is 0.577. The second-order valence-electron chi connectivity index (χ2n) is 10.2. The largest absolute Gasteiger partial charge is 0.383 e. The van der Waals surface area contributed by atoms with Crippen molar-refractivity contribution in [3.8, 4) is 0 Å². The normalized spacial score (nSPS) is 33.7. The Balaban J connectivity index is 1.45. The smallest absolute Gasteiger partial charge is 0.246 e. The van der Waals surface area contributed by atoms with Gasteiger partial charge in [-0.3, -0.25) is 14.4 Å². The molecule has 188 valence electrons. The van der Waals surface area contributed by atoms with Gasteiger partial charge in [0, 0.05) is 25.4 Å². The van der Waals surface area contributed by atoms with E-state index in [0.717, 1.165) is 32.1 Å². The molecular weight excluding hydrogens is 453 g/mol. The molecule has 1 spiro atoms. The number of rotatable bonds is 7. The van der Waals surface area contributed by atoms with Crippen molar-refractivity contribution in [2.75, 3.05) is 25.6 Å². The predicted molar refractivity (Wildman–Crippen MR) is 126 cm³/mol. The van der Waals surface area contributed by atoms with Crippen molar-refractivity contribution in [1.82, 2.24) is 10.2 Å². The number of nitrogens with zero attached hydrogens (tertiary/aromatic N) is 1. The van der Waals surface area contributed by atoms with Crippen LogP contribution in [0.5, 0.6) is 0 Å². The highest BCUT2D eigenvalue weighted by Gasteiger charge is 2.76. The molecule has 5 atom stereocenters. The number of halogens is 1. The second kappa shape index (κ2) is 9.02. The molecule has 0 aromatic heterocycles. The number of methoxy groups -OCH3 is 1. The maximum Gasteiger partial charge on any atom is 0.246 e. The van der Waals surface area contributed by atoms with E-state index >= 15 is 0 Å². The summed E-state index contributed by atoms with van der Waals surface area (Å²) in [6.45, 7) is 2.25. The number of ether oxygens (including phenoxy) is 2. The van der Waals surface area contributed by atoms with Crippen LogP contribution in [0.1, 0.15) is 39.0 Å². The van der Waals surface area contributed by atoms with Crippen molar-refractivity contribution < 1.29 is 28.2 Å². The molecule has 1 aliphatic carbocycles. The average molecular weight is 486 g/mol. The quantitative estimate of drug-likeness (QED) is 0.578. The zero-order chi connectivity index (χ0) is 24.8. The van der Waals surface area contributed by atoms with Gasteiger partial charge in [0.1, 0.15) is 17.5 Å². The maximum atomic E-state index is 13.8. The minimum atomic E-state index is -1.23. The summed E-state index contributed by atoms with van der Waals surface area (Å²) in [6.07, 6.45) is 8.72. The summed E-state index contributed by atoms with van der Waals surface area (Å²) in [5.41, 5.74) is -1.85. The number of hydrogen-bond acceptors (Lipinski definition) is 5. The van der Waals surface area contributed by atoms with E-state index in [1.807, 2.05) is 0 Å². The lowest BCUT2D eigenvalue weighted by atomic mass is 9.70. The molecular formula is C26H32FN3O5. The molecule has 3 amide bonds. The molecule has 0 radical (unpaired) electrons. The molecule has 0 unspecified atom stereocenters. The van der Waals surface area contributed by atoms with Crippen molar-refractivity contribution in [3.05, 3.63) is 42.2 Å². The lowest BCUT2D eigenvalue weighted by Gasteiger charge is -2.34. The number of carbonyl (C=O) groups excluding carboxylic acids is 3. The molecule has 1 saturated carbocycles. The number of likely N-dealkylation sites (tertiary alicyclic amines) is 1. The summed E-state index contributed by atoms with van der Waals surface area (Å²) >= 11 is 0. The van der Waals surface area contributed by atoms with Crippen molar-refractivity contribution in [3.63, 3.8) is 0 Å². The van der Waals surface area contributed by atoms with Gasteiger partial charge in [0.25, 0.3) is 0 Å². The molecule has 2 bridgehead atoms. The monoisotopic (exact) mass is 485 g/mol. The molecule has 8 nitrogen and oxygen atoms in total. The third-order valence-corrected chi connectivity index (χ3v) is 7.93. The molecule has 5 rings (SSSR count). The van der Waals surface area contributed by atoms with E-state index in [4.69, 9.17) is 9.47 Å². The van der Waals surface area contributed by atoms with Gasteiger partial charge in [0.15, 0.2) is 0 Å². The Hall–Kier alpha value is -2.78. The van der Waals surface area contributed by atoms with Gasteiger partial charge in [0.2, 0.25) is 17.7 Å². The lowest BCUT2D eigenvalue weighted by Crippen LogP contribution is -2.57. The summed E-state index contributed by atoms with van der Waals surface area (Å²) < 4.78 is 25.0. The van der Waals surface area contributed by atoms with Crippen LogP contribution in [0.3, 0.4) is 0 Å². The van der Waals surface area contributed by atoms with E-state index in [0.29, 0.717) is 5.69 Å². The van der Waals surface area contributed by atoms with Gasteiger partial charge < -0.3 is 25.0 Å². The van der Waals surface area contributed by atoms with Gasteiger partial charge in [-0.15, -0.1) is 0 Å². The standard InChI is InChI=1S/C26H32FN3O5/c1-25-12-13-26(35-25)20(19(25)22(31)28-18-10-8-16(27)9-11-18)24(33)30(14-15-34-2)21(26)23(32)29-17-6-4-3-5-7-17/h8-13,17,19-21H,3-7,14-15H2,1-2H3,(H,28,31)(H,29,32)/t19-,20+,21-,25+,26+/m1/s1. The van der Waals surface area contributed by atoms with Crippen LogP contribution in [0.4, 0.5) is 10.1 Å². The Morgan fingerprint density at radius 2 is 1.86 bits per heavy atom. The summed E-state index contributed by atoms with van der Waals surface area (Å²) in [4.78, 5) is 42.4. The Morgan fingerprint density at radius 3 is 2.54 bits per heavy atom. The first kappa shape index (κ1) is 23.9. The number of amides is 3. The van der Waals surface area contributed by atoms with Crippen LogP contribution in [0, 0.1) is 17.7 Å². The molecule has 4 aliphatic rings. The number of fused-ring (bicyclic) bond motifs is 1. The Kier molecular flexibility index (Phi) is 6.17. The van der Waals surface area contributed by atoms with Gasteiger partial charge in [-0.2, -0.15) is 0 Å². The van der Waals surface area contributed by atoms with E-state index in [1.54, 1.807) is 26.2 Å². The SMILES string of the molecule is COCCN1C(=O)[C@@H]2[C@H](C(=O)Nc3ccc(F)cc3)[C@]3(C)C=C[C@@]2(O3)[C@H]1C(=O)NC1CCCCC1. The highest BCUT2D eigenvalue weighted by molar-refractivity contribution is 6.03. The van der Waals surface area contributed by atoms with Gasteiger partial charge >= 0.3 is 0 Å². The average Bonchev–Trinajstić information content (AvgIpc) is 3.40. The van der Waals surface area contributed by atoms with Gasteiger partial charge in [0.05, 0.1) is 24.0 Å². The maximum absolute atomic E-state index is 13.8. The van der Waals surface area contributed by atoms with Crippen LogP contribution in [0.25, 0.3) is 0 Å². The Morgan fingerprint density at radius 1 is 1.14 bits per heavy atom. The first-order valence-corrected chi connectivity index (χ1v) is 12.4.